The van der Waals surface area contributed by atoms with E-state index in [1.807, 2.05) is 27.7 Å². The molecule has 0 spiro atoms. The van der Waals surface area contributed by atoms with Crippen molar-refractivity contribution in [1.82, 2.24) is 20.0 Å². The summed E-state index contributed by atoms with van der Waals surface area (Å²) >= 11 is 1.23. The third kappa shape index (κ3) is 3.74. The Morgan fingerprint density at radius 2 is 1.92 bits per heavy atom. The van der Waals surface area contributed by atoms with Crippen LogP contribution in [-0.4, -0.2) is 21.1 Å². The molecule has 6 nitrogen and oxygen atoms in total. The molecule has 0 aromatic carbocycles. The summed E-state index contributed by atoms with van der Waals surface area (Å²) in [6, 6.07) is -0.160. The standard InChI is InChI=1S/C17H24F2N4O2S/c1-9-11(7-20-21-17(2,3)4)26-15-13(9)14(24)23(10-5-6-10)16(25)22(15)8-12(18)19/h10,12,20-21H,5-8H2,1-4H3. The van der Waals surface area contributed by atoms with Gasteiger partial charge < -0.3 is 0 Å². The van der Waals surface area contributed by atoms with Crippen LogP contribution in [0.2, 0.25) is 0 Å². The number of hydrogen-bond acceptors (Lipinski definition) is 5. The van der Waals surface area contributed by atoms with Crippen molar-refractivity contribution in [2.24, 2.45) is 0 Å². The van der Waals surface area contributed by atoms with Crippen molar-refractivity contribution in [3.05, 3.63) is 31.3 Å². The van der Waals surface area contributed by atoms with Crippen LogP contribution in [0.25, 0.3) is 10.2 Å². The van der Waals surface area contributed by atoms with Crippen LogP contribution in [0.4, 0.5) is 8.78 Å². The van der Waals surface area contributed by atoms with Crippen LogP contribution in [0.3, 0.4) is 0 Å². The first-order valence-corrected chi connectivity index (χ1v) is 9.47. The van der Waals surface area contributed by atoms with Gasteiger partial charge in [-0.3, -0.25) is 24.8 Å². The third-order valence-electron chi connectivity index (χ3n) is 4.29. The number of hydrogen-bond donors (Lipinski definition) is 2. The number of fused-ring (bicyclic) bond motifs is 1. The third-order valence-corrected chi connectivity index (χ3v) is 5.60. The van der Waals surface area contributed by atoms with E-state index in [1.165, 1.54) is 11.3 Å². The number of halogens is 2. The van der Waals surface area contributed by atoms with Crippen molar-refractivity contribution in [1.29, 1.82) is 0 Å². The summed E-state index contributed by atoms with van der Waals surface area (Å²) in [5.74, 6) is 0. The van der Waals surface area contributed by atoms with E-state index in [4.69, 9.17) is 0 Å². The summed E-state index contributed by atoms with van der Waals surface area (Å²) in [7, 11) is 0. The first-order valence-electron chi connectivity index (χ1n) is 8.65. The number of alkyl halides is 2. The molecule has 1 fully saturated rings. The van der Waals surface area contributed by atoms with E-state index in [2.05, 4.69) is 10.9 Å². The van der Waals surface area contributed by atoms with Gasteiger partial charge in [-0.05, 0) is 46.1 Å². The second kappa shape index (κ2) is 6.86. The van der Waals surface area contributed by atoms with Gasteiger partial charge >= 0.3 is 5.69 Å². The summed E-state index contributed by atoms with van der Waals surface area (Å²) in [5.41, 5.74) is 5.87. The molecule has 0 amide bonds. The Hall–Kier alpha value is -1.58. The molecule has 0 saturated heterocycles. The van der Waals surface area contributed by atoms with Crippen LogP contribution < -0.4 is 22.1 Å². The molecular formula is C17H24F2N4O2S. The van der Waals surface area contributed by atoms with Crippen LogP contribution in [-0.2, 0) is 13.1 Å². The van der Waals surface area contributed by atoms with E-state index >= 15 is 0 Å². The molecule has 0 radical (unpaired) electrons. The van der Waals surface area contributed by atoms with Gasteiger partial charge in [0.2, 0.25) is 0 Å². The van der Waals surface area contributed by atoms with E-state index < -0.39 is 18.7 Å². The number of hydrazine groups is 1. The zero-order chi connectivity index (χ0) is 19.2. The van der Waals surface area contributed by atoms with E-state index in [1.54, 1.807) is 0 Å². The second-order valence-corrected chi connectivity index (χ2v) is 8.83. The van der Waals surface area contributed by atoms with E-state index in [-0.39, 0.29) is 17.1 Å². The number of rotatable bonds is 6. The van der Waals surface area contributed by atoms with E-state index in [0.29, 0.717) is 16.8 Å². The fraction of sp³-hybridized carbons (Fsp3) is 0.647. The topological polar surface area (TPSA) is 68.1 Å². The van der Waals surface area contributed by atoms with Gasteiger partial charge in [0.15, 0.2) is 0 Å². The Bertz CT molecular complexity index is 935. The number of aryl methyl sites for hydroxylation is 1. The highest BCUT2D eigenvalue weighted by Crippen LogP contribution is 2.34. The molecule has 1 aliphatic carbocycles. The Morgan fingerprint density at radius 1 is 1.27 bits per heavy atom. The van der Waals surface area contributed by atoms with Gasteiger partial charge in [-0.2, -0.15) is 0 Å². The second-order valence-electron chi connectivity index (χ2n) is 7.75. The predicted molar refractivity (Wildman–Crippen MR) is 99.1 cm³/mol. The molecule has 3 rings (SSSR count). The lowest BCUT2D eigenvalue weighted by Gasteiger charge is -2.20. The molecule has 0 aliphatic heterocycles. The lowest BCUT2D eigenvalue weighted by atomic mass is 10.1. The highest BCUT2D eigenvalue weighted by Gasteiger charge is 2.30. The van der Waals surface area contributed by atoms with Crippen LogP contribution in [0.15, 0.2) is 9.59 Å². The van der Waals surface area contributed by atoms with Crippen molar-refractivity contribution in [2.45, 2.75) is 71.6 Å². The van der Waals surface area contributed by atoms with Crippen molar-refractivity contribution in [3.63, 3.8) is 0 Å². The molecule has 2 aromatic heterocycles. The van der Waals surface area contributed by atoms with Gasteiger partial charge in [-0.15, -0.1) is 11.3 Å². The monoisotopic (exact) mass is 386 g/mol. The minimum absolute atomic E-state index is 0.138. The molecular weight excluding hydrogens is 362 g/mol. The molecule has 0 unspecified atom stereocenters. The van der Waals surface area contributed by atoms with Crippen molar-refractivity contribution >= 4 is 21.6 Å². The minimum Gasteiger partial charge on any atom is -0.279 e. The molecule has 2 N–H and O–H groups in total. The molecule has 2 heterocycles. The summed E-state index contributed by atoms with van der Waals surface area (Å²) < 4.78 is 28.3. The molecule has 0 atom stereocenters. The zero-order valence-corrected chi connectivity index (χ0v) is 16.2. The minimum atomic E-state index is -2.66. The average molecular weight is 386 g/mol. The lowest BCUT2D eigenvalue weighted by Crippen LogP contribution is -2.45. The highest BCUT2D eigenvalue weighted by molar-refractivity contribution is 7.18. The van der Waals surface area contributed by atoms with Gasteiger partial charge in [-0.1, -0.05) is 0 Å². The summed E-state index contributed by atoms with van der Waals surface area (Å²) in [4.78, 5) is 26.7. The molecule has 26 heavy (non-hydrogen) atoms. The fourth-order valence-electron chi connectivity index (χ4n) is 2.92. The maximum atomic E-state index is 13.1. The quantitative estimate of drug-likeness (QED) is 0.749. The maximum absolute atomic E-state index is 13.1. The Morgan fingerprint density at radius 3 is 2.46 bits per heavy atom. The molecule has 0 bridgehead atoms. The smallest absolute Gasteiger partial charge is 0.279 e. The van der Waals surface area contributed by atoms with Crippen LogP contribution in [0, 0.1) is 6.92 Å². The number of nitrogens with one attached hydrogen (secondary N) is 2. The van der Waals surface area contributed by atoms with Crippen LogP contribution >= 0.6 is 11.3 Å². The molecule has 144 valence electrons. The van der Waals surface area contributed by atoms with Gasteiger partial charge in [0.05, 0.1) is 11.9 Å². The van der Waals surface area contributed by atoms with E-state index in [0.717, 1.165) is 32.4 Å². The number of thiophene rings is 1. The van der Waals surface area contributed by atoms with Crippen LogP contribution in [0.1, 0.15) is 50.1 Å². The number of nitrogens with zero attached hydrogens (tertiary/aromatic N) is 2. The van der Waals surface area contributed by atoms with Gasteiger partial charge in [0.25, 0.3) is 12.0 Å². The van der Waals surface area contributed by atoms with Crippen LogP contribution in [0.5, 0.6) is 0 Å². The van der Waals surface area contributed by atoms with Crippen molar-refractivity contribution in [3.8, 4) is 0 Å². The summed E-state index contributed by atoms with van der Waals surface area (Å²) in [5, 5.41) is 0.384. The molecule has 1 aliphatic rings. The largest absolute Gasteiger partial charge is 0.332 e. The first-order chi connectivity index (χ1) is 12.1. The Balaban J connectivity index is 2.11. The fourth-order valence-corrected chi connectivity index (χ4v) is 4.16. The molecule has 9 heteroatoms. The average Bonchev–Trinajstić information content (AvgIpc) is 3.27. The lowest BCUT2D eigenvalue weighted by molar-refractivity contribution is 0.126. The highest BCUT2D eigenvalue weighted by atomic mass is 32.1. The van der Waals surface area contributed by atoms with E-state index in [9.17, 15) is 18.4 Å². The Labute approximate surface area is 153 Å². The zero-order valence-electron chi connectivity index (χ0n) is 15.4. The Kier molecular flexibility index (Phi) is 5.06. The van der Waals surface area contributed by atoms with Crippen molar-refractivity contribution < 1.29 is 8.78 Å². The first kappa shape index (κ1) is 19.2. The predicted octanol–water partition coefficient (Wildman–Crippen LogP) is 2.53. The molecule has 1 saturated carbocycles. The SMILES string of the molecule is Cc1c(CNNC(C)(C)C)sc2c1c(=O)n(C1CC1)c(=O)n2CC(F)F. The summed E-state index contributed by atoms with van der Waals surface area (Å²) in [6.45, 7) is 7.57. The summed E-state index contributed by atoms with van der Waals surface area (Å²) in [6.07, 6.45) is -1.18. The number of aromatic nitrogens is 2. The van der Waals surface area contributed by atoms with Gasteiger partial charge in [-0.25, -0.2) is 13.6 Å². The van der Waals surface area contributed by atoms with Gasteiger partial charge in [0.1, 0.15) is 4.83 Å². The van der Waals surface area contributed by atoms with Gasteiger partial charge in [0, 0.05) is 23.0 Å². The maximum Gasteiger partial charge on any atom is 0.332 e. The van der Waals surface area contributed by atoms with Crippen molar-refractivity contribution in [2.75, 3.05) is 0 Å². The normalized spacial score (nSPS) is 15.3. The molecule has 2 aromatic rings.